The van der Waals surface area contributed by atoms with Crippen molar-refractivity contribution in [3.05, 3.63) is 90.5 Å². The van der Waals surface area contributed by atoms with Crippen molar-refractivity contribution < 1.29 is 9.15 Å². The number of hydrogen-bond donors (Lipinski definition) is 1. The number of ether oxygens (including phenoxy) is 1. The summed E-state index contributed by atoms with van der Waals surface area (Å²) in [6.07, 6.45) is 8.58. The van der Waals surface area contributed by atoms with Gasteiger partial charge in [0.25, 0.3) is 0 Å². The van der Waals surface area contributed by atoms with E-state index in [-0.39, 0.29) is 11.5 Å². The Labute approximate surface area is 162 Å². The minimum absolute atomic E-state index is 0.0645. The molecule has 0 bridgehead atoms. The van der Waals surface area contributed by atoms with Crippen molar-refractivity contribution in [1.82, 2.24) is 0 Å². The first-order valence-corrected chi connectivity index (χ1v) is 9.56. The summed E-state index contributed by atoms with van der Waals surface area (Å²) in [5.41, 5.74) is 4.94. The molecule has 1 aliphatic carbocycles. The highest BCUT2D eigenvalue weighted by molar-refractivity contribution is 6.05. The molecule has 2 heterocycles. The minimum Gasteiger partial charge on any atom is -0.485 e. The Morgan fingerprint density at radius 2 is 1.68 bits per heavy atom. The monoisotopic (exact) mass is 365 g/mol. The highest BCUT2D eigenvalue weighted by atomic mass is 16.5. The maximum absolute atomic E-state index is 6.21. The molecule has 3 nitrogen and oxygen atoms in total. The molecule has 0 saturated heterocycles. The van der Waals surface area contributed by atoms with E-state index in [1.165, 1.54) is 5.56 Å². The van der Waals surface area contributed by atoms with Crippen LogP contribution in [0.1, 0.15) is 12.5 Å². The van der Waals surface area contributed by atoms with Gasteiger partial charge in [0, 0.05) is 39.8 Å². The average Bonchev–Trinajstić information content (AvgIpc) is 3.21. The van der Waals surface area contributed by atoms with E-state index >= 15 is 0 Å². The summed E-state index contributed by atoms with van der Waals surface area (Å²) in [4.78, 5) is 0. The lowest BCUT2D eigenvalue weighted by Gasteiger charge is -2.26. The van der Waals surface area contributed by atoms with E-state index in [0.29, 0.717) is 0 Å². The number of nitrogens with one attached hydrogen (secondary N) is 1. The molecule has 28 heavy (non-hydrogen) atoms. The Bertz CT molecular complexity index is 1300. The molecule has 0 saturated carbocycles. The molecule has 0 fully saturated rings. The van der Waals surface area contributed by atoms with Crippen LogP contribution in [-0.2, 0) is 5.41 Å². The van der Waals surface area contributed by atoms with Crippen molar-refractivity contribution in [2.75, 3.05) is 5.32 Å². The molecule has 3 aromatic carbocycles. The van der Waals surface area contributed by atoms with Crippen LogP contribution in [0.15, 0.2) is 89.4 Å². The van der Waals surface area contributed by atoms with Crippen molar-refractivity contribution in [3.8, 4) is 5.75 Å². The third kappa shape index (κ3) is 2.16. The van der Waals surface area contributed by atoms with Crippen LogP contribution in [0.4, 0.5) is 11.4 Å². The minimum atomic E-state index is -0.0875. The molecule has 136 valence electrons. The van der Waals surface area contributed by atoms with Gasteiger partial charge in [-0.2, -0.15) is 0 Å². The van der Waals surface area contributed by atoms with Gasteiger partial charge < -0.3 is 14.5 Å². The molecule has 3 heteroatoms. The van der Waals surface area contributed by atoms with Crippen LogP contribution in [0.25, 0.3) is 21.9 Å². The van der Waals surface area contributed by atoms with Gasteiger partial charge in [0.2, 0.25) is 0 Å². The maximum atomic E-state index is 6.21. The number of benzene rings is 3. The summed E-state index contributed by atoms with van der Waals surface area (Å²) in [6.45, 7) is 2.23. The Hall–Kier alpha value is -3.46. The summed E-state index contributed by atoms with van der Waals surface area (Å²) in [7, 11) is 0. The van der Waals surface area contributed by atoms with Crippen LogP contribution >= 0.6 is 0 Å². The fraction of sp³-hybridized carbons (Fsp3) is 0.120. The molecule has 4 aromatic rings. The molecule has 6 rings (SSSR count). The van der Waals surface area contributed by atoms with Gasteiger partial charge in [0.1, 0.15) is 23.0 Å². The molecule has 2 unspecified atom stereocenters. The summed E-state index contributed by atoms with van der Waals surface area (Å²) in [5, 5.41) is 5.77. The normalized spacial score (nSPS) is 22.2. The fourth-order valence-corrected chi connectivity index (χ4v) is 4.37. The first kappa shape index (κ1) is 15.6. The standard InChI is InChI=1S/C25H19NO2/c1-25-13-5-4-8-24(25)28-23-15-17(10-12-20(23)25)26-16-9-11-19-18-6-2-3-7-21(18)27-22(19)14-16/h2-15,24,26H,1H3. The van der Waals surface area contributed by atoms with Gasteiger partial charge in [-0.05, 0) is 37.3 Å². The highest BCUT2D eigenvalue weighted by Crippen LogP contribution is 2.47. The molecule has 0 radical (unpaired) electrons. The maximum Gasteiger partial charge on any atom is 0.137 e. The van der Waals surface area contributed by atoms with Crippen LogP contribution in [0, 0.1) is 0 Å². The highest BCUT2D eigenvalue weighted by Gasteiger charge is 2.42. The first-order chi connectivity index (χ1) is 13.7. The number of furan rings is 1. The summed E-state index contributed by atoms with van der Waals surface area (Å²) >= 11 is 0. The molecule has 2 aliphatic rings. The average molecular weight is 365 g/mol. The SMILES string of the molecule is CC12C=CC=CC1Oc1cc(Nc3ccc4c(c3)oc3ccccc34)ccc12. The smallest absolute Gasteiger partial charge is 0.137 e. The van der Waals surface area contributed by atoms with Gasteiger partial charge >= 0.3 is 0 Å². The predicted octanol–water partition coefficient (Wildman–Crippen LogP) is 6.47. The van der Waals surface area contributed by atoms with Gasteiger partial charge in [-0.3, -0.25) is 0 Å². The molecule has 1 aliphatic heterocycles. The summed E-state index contributed by atoms with van der Waals surface area (Å²) in [5.74, 6) is 0.943. The summed E-state index contributed by atoms with van der Waals surface area (Å²) in [6, 6.07) is 20.8. The van der Waals surface area contributed by atoms with Gasteiger partial charge in [-0.1, -0.05) is 42.5 Å². The third-order valence-corrected chi connectivity index (χ3v) is 5.91. The lowest BCUT2D eigenvalue weighted by atomic mass is 9.77. The molecule has 0 amide bonds. The van der Waals surface area contributed by atoms with E-state index in [2.05, 4.69) is 79.0 Å². The fourth-order valence-electron chi connectivity index (χ4n) is 4.37. The number of anilines is 2. The van der Waals surface area contributed by atoms with Gasteiger partial charge in [-0.25, -0.2) is 0 Å². The van der Waals surface area contributed by atoms with Crippen molar-refractivity contribution in [2.45, 2.75) is 18.4 Å². The number of hydrogen-bond acceptors (Lipinski definition) is 3. The van der Waals surface area contributed by atoms with E-state index in [0.717, 1.165) is 39.1 Å². The van der Waals surface area contributed by atoms with Crippen molar-refractivity contribution in [3.63, 3.8) is 0 Å². The van der Waals surface area contributed by atoms with Crippen molar-refractivity contribution in [1.29, 1.82) is 0 Å². The molecule has 2 atom stereocenters. The zero-order valence-electron chi connectivity index (χ0n) is 15.5. The Morgan fingerprint density at radius 1 is 0.857 bits per heavy atom. The zero-order chi connectivity index (χ0) is 18.7. The lowest BCUT2D eigenvalue weighted by molar-refractivity contribution is 0.228. The van der Waals surface area contributed by atoms with Crippen molar-refractivity contribution >= 4 is 33.3 Å². The van der Waals surface area contributed by atoms with E-state index in [1.807, 2.05) is 18.2 Å². The lowest BCUT2D eigenvalue weighted by Crippen LogP contribution is -2.32. The second kappa shape index (κ2) is 5.52. The Kier molecular flexibility index (Phi) is 3.07. The second-order valence-electron chi connectivity index (χ2n) is 7.71. The van der Waals surface area contributed by atoms with Gasteiger partial charge in [-0.15, -0.1) is 0 Å². The van der Waals surface area contributed by atoms with Crippen LogP contribution in [-0.4, -0.2) is 6.10 Å². The van der Waals surface area contributed by atoms with Crippen LogP contribution in [0.3, 0.4) is 0 Å². The number of allylic oxidation sites excluding steroid dienone is 2. The number of fused-ring (bicyclic) bond motifs is 6. The van der Waals surface area contributed by atoms with E-state index in [4.69, 9.17) is 9.15 Å². The second-order valence-corrected chi connectivity index (χ2v) is 7.71. The summed E-state index contributed by atoms with van der Waals surface area (Å²) < 4.78 is 12.2. The molecule has 0 spiro atoms. The van der Waals surface area contributed by atoms with E-state index < -0.39 is 0 Å². The topological polar surface area (TPSA) is 34.4 Å². The van der Waals surface area contributed by atoms with Crippen LogP contribution in [0.2, 0.25) is 0 Å². The molecular weight excluding hydrogens is 346 g/mol. The van der Waals surface area contributed by atoms with E-state index in [9.17, 15) is 0 Å². The van der Waals surface area contributed by atoms with Crippen LogP contribution in [0.5, 0.6) is 5.75 Å². The molecular formula is C25H19NO2. The van der Waals surface area contributed by atoms with E-state index in [1.54, 1.807) is 0 Å². The van der Waals surface area contributed by atoms with Gasteiger partial charge in [0.15, 0.2) is 0 Å². The Morgan fingerprint density at radius 3 is 2.64 bits per heavy atom. The predicted molar refractivity (Wildman–Crippen MR) is 113 cm³/mol. The Balaban J connectivity index is 1.35. The molecule has 1 aromatic heterocycles. The van der Waals surface area contributed by atoms with Crippen LogP contribution < -0.4 is 10.1 Å². The quantitative estimate of drug-likeness (QED) is 0.442. The largest absolute Gasteiger partial charge is 0.485 e. The van der Waals surface area contributed by atoms with Gasteiger partial charge in [0.05, 0.1) is 5.41 Å². The van der Waals surface area contributed by atoms with Crippen molar-refractivity contribution in [2.24, 2.45) is 0 Å². The zero-order valence-corrected chi connectivity index (χ0v) is 15.5. The first-order valence-electron chi connectivity index (χ1n) is 9.56. The third-order valence-electron chi connectivity index (χ3n) is 5.91. The molecule has 1 N–H and O–H groups in total. The number of rotatable bonds is 2. The number of para-hydroxylation sites is 1.